The highest BCUT2D eigenvalue weighted by atomic mass is 19.4. The summed E-state index contributed by atoms with van der Waals surface area (Å²) in [5.74, 6) is -0.308. The molecule has 0 aliphatic heterocycles. The lowest BCUT2D eigenvalue weighted by Gasteiger charge is -2.09. The van der Waals surface area contributed by atoms with Gasteiger partial charge in [0, 0.05) is 12.1 Å². The van der Waals surface area contributed by atoms with Crippen molar-refractivity contribution < 1.29 is 26.7 Å². The molecule has 0 atom stereocenters. The van der Waals surface area contributed by atoms with Crippen molar-refractivity contribution in [3.05, 3.63) is 41.5 Å². The molecule has 24 heavy (non-hydrogen) atoms. The Kier molecular flexibility index (Phi) is 7.88. The molecule has 0 fully saturated rings. The Labute approximate surface area is 137 Å². The van der Waals surface area contributed by atoms with Gasteiger partial charge < -0.3 is 5.32 Å². The van der Waals surface area contributed by atoms with E-state index in [9.17, 15) is 26.7 Å². The fourth-order valence-corrected chi connectivity index (χ4v) is 2.17. The van der Waals surface area contributed by atoms with Crippen LogP contribution in [0, 0.1) is 0 Å². The molecule has 0 saturated carbocycles. The fraction of sp³-hybridized carbons (Fsp3) is 0.471. The Morgan fingerprint density at radius 2 is 1.58 bits per heavy atom. The van der Waals surface area contributed by atoms with Crippen molar-refractivity contribution in [3.63, 3.8) is 0 Å². The zero-order valence-electron chi connectivity index (χ0n) is 13.4. The molecule has 0 saturated heterocycles. The molecule has 1 aromatic rings. The number of carbonyl (C=O) groups is 1. The number of anilines is 1. The minimum atomic E-state index is -4.41. The highest BCUT2D eigenvalue weighted by Crippen LogP contribution is 2.29. The number of allylic oxidation sites excluding steroid dienone is 1. The summed E-state index contributed by atoms with van der Waals surface area (Å²) >= 11 is 0. The van der Waals surface area contributed by atoms with Gasteiger partial charge in [-0.3, -0.25) is 4.79 Å². The number of unbranched alkanes of at least 4 members (excludes halogenated alkanes) is 2. The first-order valence-corrected chi connectivity index (χ1v) is 7.74. The second-order valence-corrected chi connectivity index (χ2v) is 5.40. The van der Waals surface area contributed by atoms with Gasteiger partial charge >= 0.3 is 6.18 Å². The minimum Gasteiger partial charge on any atom is -0.326 e. The van der Waals surface area contributed by atoms with Crippen LogP contribution in [0.4, 0.5) is 27.6 Å². The zero-order chi connectivity index (χ0) is 18.2. The van der Waals surface area contributed by atoms with Crippen molar-refractivity contribution in [1.29, 1.82) is 0 Å². The average Bonchev–Trinajstić information content (AvgIpc) is 2.50. The van der Waals surface area contributed by atoms with E-state index in [1.165, 1.54) is 12.1 Å². The van der Waals surface area contributed by atoms with Gasteiger partial charge in [-0.1, -0.05) is 13.3 Å². The maximum atomic E-state index is 12.4. The van der Waals surface area contributed by atoms with E-state index in [0.29, 0.717) is 37.8 Å². The molecular weight excluding hydrogens is 329 g/mol. The van der Waals surface area contributed by atoms with Crippen molar-refractivity contribution in [2.24, 2.45) is 0 Å². The van der Waals surface area contributed by atoms with Crippen LogP contribution in [-0.2, 0) is 11.0 Å². The van der Waals surface area contributed by atoms with E-state index in [4.69, 9.17) is 0 Å². The SMILES string of the molecule is CCC(CCCCCC(=O)Nc1ccc(C(F)(F)F)cc1)=C(F)F. The molecule has 1 rings (SSSR count). The summed E-state index contributed by atoms with van der Waals surface area (Å²) in [6, 6.07) is 4.20. The standard InChI is InChI=1S/C17H20F5NO/c1-2-12(16(18)19)6-4-3-5-7-15(24)23-14-10-8-13(9-11-14)17(20,21)22/h8-11H,2-7H2,1H3,(H,23,24). The molecular formula is C17H20F5NO. The van der Waals surface area contributed by atoms with Crippen LogP contribution in [0.3, 0.4) is 0 Å². The fourth-order valence-electron chi connectivity index (χ4n) is 2.17. The highest BCUT2D eigenvalue weighted by molar-refractivity contribution is 5.90. The van der Waals surface area contributed by atoms with Crippen molar-refractivity contribution in [2.75, 3.05) is 5.32 Å². The second kappa shape index (κ2) is 9.39. The molecule has 1 N–H and O–H groups in total. The number of benzene rings is 1. The predicted molar refractivity (Wildman–Crippen MR) is 82.7 cm³/mol. The number of hydrogen-bond acceptors (Lipinski definition) is 1. The molecule has 0 unspecified atom stereocenters. The van der Waals surface area contributed by atoms with Crippen LogP contribution in [0.15, 0.2) is 35.9 Å². The Balaban J connectivity index is 2.31. The van der Waals surface area contributed by atoms with Gasteiger partial charge in [0.25, 0.3) is 6.08 Å². The van der Waals surface area contributed by atoms with Crippen LogP contribution in [-0.4, -0.2) is 5.91 Å². The molecule has 0 aromatic heterocycles. The summed E-state index contributed by atoms with van der Waals surface area (Å²) in [6.45, 7) is 1.67. The number of halogens is 5. The van der Waals surface area contributed by atoms with Crippen LogP contribution in [0.25, 0.3) is 0 Å². The van der Waals surface area contributed by atoms with Gasteiger partial charge in [0.2, 0.25) is 5.91 Å². The molecule has 134 valence electrons. The van der Waals surface area contributed by atoms with Crippen LogP contribution < -0.4 is 5.32 Å². The Hall–Kier alpha value is -1.92. The van der Waals surface area contributed by atoms with Gasteiger partial charge in [-0.05, 0) is 55.5 Å². The molecule has 1 aromatic carbocycles. The van der Waals surface area contributed by atoms with Gasteiger partial charge in [-0.25, -0.2) is 0 Å². The normalized spacial score (nSPS) is 11.2. The lowest BCUT2D eigenvalue weighted by molar-refractivity contribution is -0.137. The van der Waals surface area contributed by atoms with Crippen LogP contribution in [0.1, 0.15) is 51.0 Å². The van der Waals surface area contributed by atoms with Gasteiger partial charge in [0.1, 0.15) is 0 Å². The number of amides is 1. The number of hydrogen-bond donors (Lipinski definition) is 1. The topological polar surface area (TPSA) is 29.1 Å². The average molecular weight is 349 g/mol. The van der Waals surface area contributed by atoms with Gasteiger partial charge in [0.15, 0.2) is 0 Å². The van der Waals surface area contributed by atoms with Crippen molar-refractivity contribution in [2.45, 2.75) is 51.6 Å². The maximum Gasteiger partial charge on any atom is 0.416 e. The Bertz CT molecular complexity index is 559. The summed E-state index contributed by atoms with van der Waals surface area (Å²) in [4.78, 5) is 11.7. The van der Waals surface area contributed by atoms with Crippen LogP contribution >= 0.6 is 0 Å². The Morgan fingerprint density at radius 3 is 2.08 bits per heavy atom. The first kappa shape index (κ1) is 20.1. The van der Waals surface area contributed by atoms with E-state index in [1.807, 2.05) is 0 Å². The molecule has 0 bridgehead atoms. The van der Waals surface area contributed by atoms with E-state index in [1.54, 1.807) is 6.92 Å². The molecule has 0 spiro atoms. The number of nitrogens with one attached hydrogen (secondary N) is 1. The van der Waals surface area contributed by atoms with E-state index in [-0.39, 0.29) is 17.9 Å². The minimum absolute atomic E-state index is 0.143. The molecule has 0 heterocycles. The van der Waals surface area contributed by atoms with Gasteiger partial charge in [0.05, 0.1) is 5.56 Å². The molecule has 1 amide bonds. The largest absolute Gasteiger partial charge is 0.416 e. The summed E-state index contributed by atoms with van der Waals surface area (Å²) < 4.78 is 62.1. The number of carbonyl (C=O) groups excluding carboxylic acids is 1. The maximum absolute atomic E-state index is 12.4. The van der Waals surface area contributed by atoms with E-state index < -0.39 is 17.8 Å². The third kappa shape index (κ3) is 7.10. The van der Waals surface area contributed by atoms with E-state index >= 15 is 0 Å². The van der Waals surface area contributed by atoms with Crippen molar-refractivity contribution in [3.8, 4) is 0 Å². The van der Waals surface area contributed by atoms with E-state index in [2.05, 4.69) is 5.32 Å². The molecule has 2 nitrogen and oxygen atoms in total. The van der Waals surface area contributed by atoms with E-state index in [0.717, 1.165) is 12.1 Å². The molecule has 0 radical (unpaired) electrons. The second-order valence-electron chi connectivity index (χ2n) is 5.40. The molecule has 7 heteroatoms. The van der Waals surface area contributed by atoms with Crippen molar-refractivity contribution >= 4 is 11.6 Å². The molecule has 0 aliphatic rings. The number of alkyl halides is 3. The summed E-state index contributed by atoms with van der Waals surface area (Å²) in [5.41, 5.74) is -0.340. The monoisotopic (exact) mass is 349 g/mol. The zero-order valence-corrected chi connectivity index (χ0v) is 13.4. The van der Waals surface area contributed by atoms with Gasteiger partial charge in [-0.15, -0.1) is 0 Å². The Morgan fingerprint density at radius 1 is 1.00 bits per heavy atom. The quantitative estimate of drug-likeness (QED) is 0.442. The van der Waals surface area contributed by atoms with Gasteiger partial charge in [-0.2, -0.15) is 22.0 Å². The number of rotatable bonds is 8. The summed E-state index contributed by atoms with van der Waals surface area (Å²) in [7, 11) is 0. The lowest BCUT2D eigenvalue weighted by Crippen LogP contribution is -2.11. The third-order valence-electron chi connectivity index (χ3n) is 3.57. The highest BCUT2D eigenvalue weighted by Gasteiger charge is 2.29. The summed E-state index contributed by atoms with van der Waals surface area (Å²) in [6.07, 6.45) is -3.45. The molecule has 0 aliphatic carbocycles. The van der Waals surface area contributed by atoms with Crippen LogP contribution in [0.5, 0.6) is 0 Å². The van der Waals surface area contributed by atoms with Crippen LogP contribution in [0.2, 0.25) is 0 Å². The summed E-state index contributed by atoms with van der Waals surface area (Å²) in [5, 5.41) is 2.51. The first-order chi connectivity index (χ1) is 11.2. The lowest BCUT2D eigenvalue weighted by atomic mass is 10.1. The first-order valence-electron chi connectivity index (χ1n) is 7.74. The predicted octanol–water partition coefficient (Wildman–Crippen LogP) is 6.16. The van der Waals surface area contributed by atoms with Crippen molar-refractivity contribution in [1.82, 2.24) is 0 Å². The third-order valence-corrected chi connectivity index (χ3v) is 3.57. The smallest absolute Gasteiger partial charge is 0.326 e.